The van der Waals surface area contributed by atoms with E-state index >= 15 is 0 Å². The molecule has 0 atom stereocenters. The number of hydrogen-bond donors (Lipinski definition) is 2. The zero-order valence-corrected chi connectivity index (χ0v) is 23.5. The number of thiophene rings is 2. The average molecular weight is 534 g/mol. The normalized spacial score (nSPS) is 13.4. The van der Waals surface area contributed by atoms with Gasteiger partial charge in [-0.15, -0.1) is 35.5 Å². The first-order valence-corrected chi connectivity index (χ1v) is 11.8. The first kappa shape index (κ1) is 29.8. The van der Waals surface area contributed by atoms with Crippen LogP contribution in [0.25, 0.3) is 0 Å². The molecule has 0 aromatic carbocycles. The van der Waals surface area contributed by atoms with Gasteiger partial charge in [0.1, 0.15) is 0 Å². The van der Waals surface area contributed by atoms with Crippen LogP contribution in [0.5, 0.6) is 10.1 Å². The summed E-state index contributed by atoms with van der Waals surface area (Å²) >= 11 is 2.77. The van der Waals surface area contributed by atoms with Gasteiger partial charge in [0.15, 0.2) is 10.1 Å². The number of allylic oxidation sites excluding steroid dienone is 8. The van der Waals surface area contributed by atoms with Crippen molar-refractivity contribution in [1.82, 2.24) is 0 Å². The Hall–Kier alpha value is -1.16. The summed E-state index contributed by atoms with van der Waals surface area (Å²) in [6.07, 6.45) is 20.0. The molecule has 5 heteroatoms. The monoisotopic (exact) mass is 532 g/mol. The van der Waals surface area contributed by atoms with E-state index in [-0.39, 0.29) is 37.0 Å². The topological polar surface area (TPSA) is 40.5 Å². The molecule has 2 aromatic rings. The van der Waals surface area contributed by atoms with E-state index in [0.717, 1.165) is 12.8 Å². The molecule has 2 N–H and O–H groups in total. The van der Waals surface area contributed by atoms with Crippen molar-refractivity contribution in [2.45, 2.75) is 65.2 Å². The Kier molecular flexibility index (Phi) is 14.3. The zero-order chi connectivity index (χ0) is 22.6. The SMILES string of the molecule is CC(C)(C)c1csc(O)c1.CC(C)(C)c1csc(O)c1.[C-]1=CC=CC1.[C-]1=CC=CC1.[Zr+2]. The molecule has 2 aliphatic carbocycles. The first-order valence-electron chi connectivity index (χ1n) is 9.99. The van der Waals surface area contributed by atoms with E-state index in [0.29, 0.717) is 10.1 Å². The maximum Gasteiger partial charge on any atom is 2.00 e. The van der Waals surface area contributed by atoms with Crippen molar-refractivity contribution in [3.8, 4) is 10.1 Å². The molecule has 0 aliphatic heterocycles. The second-order valence-electron chi connectivity index (χ2n) is 8.85. The Morgan fingerprint density at radius 3 is 1.16 bits per heavy atom. The molecule has 0 spiro atoms. The van der Waals surface area contributed by atoms with Crippen LogP contribution >= 0.6 is 22.7 Å². The molecule has 0 fully saturated rings. The van der Waals surface area contributed by atoms with E-state index in [1.165, 1.54) is 33.8 Å². The van der Waals surface area contributed by atoms with Crippen LogP contribution in [0.2, 0.25) is 0 Å². The van der Waals surface area contributed by atoms with Gasteiger partial charge < -0.3 is 10.2 Å². The van der Waals surface area contributed by atoms with Crippen molar-refractivity contribution in [3.63, 3.8) is 0 Å². The number of aromatic hydroxyl groups is 2. The fourth-order valence-electron chi connectivity index (χ4n) is 2.12. The summed E-state index contributed by atoms with van der Waals surface area (Å²) in [4.78, 5) is 0. The Morgan fingerprint density at radius 1 is 0.710 bits per heavy atom. The number of hydrogen-bond acceptors (Lipinski definition) is 4. The summed E-state index contributed by atoms with van der Waals surface area (Å²) in [5, 5.41) is 22.9. The molecule has 0 bridgehead atoms. The molecule has 0 radical (unpaired) electrons. The minimum absolute atomic E-state index is 0. The Bertz CT molecular complexity index is 764. The number of rotatable bonds is 0. The van der Waals surface area contributed by atoms with E-state index in [4.69, 9.17) is 10.2 Å². The maximum absolute atomic E-state index is 9.03. The van der Waals surface area contributed by atoms with Gasteiger partial charge in [-0.2, -0.15) is 12.2 Å². The van der Waals surface area contributed by atoms with Crippen molar-refractivity contribution >= 4 is 22.7 Å². The quantitative estimate of drug-likeness (QED) is 0.336. The van der Waals surface area contributed by atoms with Crippen LogP contribution in [-0.4, -0.2) is 10.2 Å². The zero-order valence-electron chi connectivity index (χ0n) is 19.4. The summed E-state index contributed by atoms with van der Waals surface area (Å²) < 4.78 is 0. The van der Waals surface area contributed by atoms with Crippen molar-refractivity contribution < 1.29 is 36.4 Å². The van der Waals surface area contributed by atoms with Gasteiger partial charge in [-0.05, 0) is 44.8 Å². The molecule has 2 aliphatic rings. The third-order valence-corrected chi connectivity index (χ3v) is 5.54. The molecule has 31 heavy (non-hydrogen) atoms. The van der Waals surface area contributed by atoms with Crippen LogP contribution in [0, 0.1) is 12.2 Å². The third-order valence-electron chi connectivity index (χ3n) is 4.08. The van der Waals surface area contributed by atoms with Crippen molar-refractivity contribution in [3.05, 3.63) is 82.6 Å². The van der Waals surface area contributed by atoms with E-state index in [1.807, 2.05) is 47.2 Å². The third kappa shape index (κ3) is 13.8. The predicted octanol–water partition coefficient (Wildman–Crippen LogP) is 8.11. The van der Waals surface area contributed by atoms with Crippen LogP contribution in [-0.2, 0) is 37.0 Å². The second kappa shape index (κ2) is 14.8. The summed E-state index contributed by atoms with van der Waals surface area (Å²) in [5.74, 6) is 0. The summed E-state index contributed by atoms with van der Waals surface area (Å²) in [7, 11) is 0. The Labute approximate surface area is 215 Å². The molecule has 2 nitrogen and oxygen atoms in total. The molecule has 166 valence electrons. The molecular weight excluding hydrogens is 500 g/mol. The molecule has 0 unspecified atom stereocenters. The molecule has 2 aromatic heterocycles. The van der Waals surface area contributed by atoms with Gasteiger partial charge in [0.25, 0.3) is 0 Å². The Morgan fingerprint density at radius 2 is 1.06 bits per heavy atom. The largest absolute Gasteiger partial charge is 2.00 e. The molecule has 0 saturated heterocycles. The summed E-state index contributed by atoms with van der Waals surface area (Å²) in [6.45, 7) is 12.8. The molecule has 4 rings (SSSR count). The average Bonchev–Trinajstić information content (AvgIpc) is 3.43. The van der Waals surface area contributed by atoms with Gasteiger partial charge in [0, 0.05) is 0 Å². The van der Waals surface area contributed by atoms with E-state index in [1.54, 1.807) is 0 Å². The fourth-order valence-corrected chi connectivity index (χ4v) is 3.85. The van der Waals surface area contributed by atoms with Gasteiger partial charge in [0.05, 0.1) is 0 Å². The maximum atomic E-state index is 9.03. The summed E-state index contributed by atoms with van der Waals surface area (Å²) in [6, 6.07) is 3.65. The van der Waals surface area contributed by atoms with Crippen molar-refractivity contribution in [2.75, 3.05) is 0 Å². The van der Waals surface area contributed by atoms with Crippen LogP contribution in [0.15, 0.2) is 59.3 Å². The second-order valence-corrected chi connectivity index (χ2v) is 10.6. The minimum atomic E-state index is 0. The van der Waals surface area contributed by atoms with Crippen LogP contribution in [0.1, 0.15) is 65.5 Å². The van der Waals surface area contributed by atoms with Crippen LogP contribution in [0.3, 0.4) is 0 Å². The standard InChI is InChI=1S/2C8H12OS.2C5H5.Zr/c2*1-8(2,3)6-4-7(9)10-5-6;2*1-2-4-5-3-1;/h2*4-5,9H,1-3H3;2*1-3H,4H2;/q;;2*-1;+2. The van der Waals surface area contributed by atoms with Gasteiger partial charge >= 0.3 is 26.2 Å². The predicted molar refractivity (Wildman–Crippen MR) is 133 cm³/mol. The Balaban J connectivity index is 0.000000401. The molecule has 2 heterocycles. The van der Waals surface area contributed by atoms with Gasteiger partial charge in [-0.25, -0.2) is 24.3 Å². The van der Waals surface area contributed by atoms with E-state index < -0.39 is 0 Å². The van der Waals surface area contributed by atoms with Gasteiger partial charge in [0.2, 0.25) is 0 Å². The van der Waals surface area contributed by atoms with Crippen molar-refractivity contribution in [2.24, 2.45) is 0 Å². The van der Waals surface area contributed by atoms with Crippen LogP contribution < -0.4 is 0 Å². The van der Waals surface area contributed by atoms with Crippen molar-refractivity contribution in [1.29, 1.82) is 0 Å². The van der Waals surface area contributed by atoms with E-state index in [9.17, 15) is 0 Å². The van der Waals surface area contributed by atoms with E-state index in [2.05, 4.69) is 65.8 Å². The first-order chi connectivity index (χ1) is 14.0. The smallest absolute Gasteiger partial charge is 0.499 e. The molecule has 0 saturated carbocycles. The van der Waals surface area contributed by atoms with Crippen LogP contribution in [0.4, 0.5) is 0 Å². The van der Waals surface area contributed by atoms with Gasteiger partial charge in [-0.1, -0.05) is 41.5 Å². The minimum Gasteiger partial charge on any atom is -0.499 e. The molecule has 0 amide bonds. The summed E-state index contributed by atoms with van der Waals surface area (Å²) in [5.41, 5.74) is 2.74. The fraction of sp³-hybridized carbons (Fsp3) is 0.385. The van der Waals surface area contributed by atoms with Gasteiger partial charge in [-0.3, -0.25) is 12.2 Å². The molecular formula is C26H34O2S2Zr.